The smallest absolute Gasteiger partial charge is 0.267 e. The first kappa shape index (κ1) is 11.3. The summed E-state index contributed by atoms with van der Waals surface area (Å²) in [6, 6.07) is 18.0. The maximum Gasteiger partial charge on any atom is 0.267 e. The number of carbonyl (C=O) groups excluding carboxylic acids is 1. The molecule has 0 spiro atoms. The van der Waals surface area contributed by atoms with Crippen molar-refractivity contribution in [2.75, 3.05) is 4.90 Å². The van der Waals surface area contributed by atoms with Crippen LogP contribution >= 0.6 is 0 Å². The van der Waals surface area contributed by atoms with Crippen molar-refractivity contribution in [3.63, 3.8) is 0 Å². The van der Waals surface area contributed by atoms with Gasteiger partial charge in [0, 0.05) is 5.56 Å². The molecule has 19 heavy (non-hydrogen) atoms. The molecule has 0 N–H and O–H groups in total. The molecular formula is C15H10N2O2. The lowest BCUT2D eigenvalue weighted by Gasteiger charge is -2.18. The molecule has 0 fully saturated rings. The predicted molar refractivity (Wildman–Crippen MR) is 69.7 cm³/mol. The second-order valence-corrected chi connectivity index (χ2v) is 4.11. The van der Waals surface area contributed by atoms with Crippen LogP contribution in [0.3, 0.4) is 0 Å². The van der Waals surface area contributed by atoms with Crippen molar-refractivity contribution in [3.05, 3.63) is 60.2 Å². The van der Waals surface area contributed by atoms with E-state index in [0.29, 0.717) is 17.0 Å². The van der Waals surface area contributed by atoms with Crippen molar-refractivity contribution in [1.29, 1.82) is 5.26 Å². The van der Waals surface area contributed by atoms with Crippen LogP contribution < -0.4 is 9.64 Å². The summed E-state index contributed by atoms with van der Waals surface area (Å²) >= 11 is 0. The minimum absolute atomic E-state index is 0.239. The zero-order valence-corrected chi connectivity index (χ0v) is 9.98. The van der Waals surface area contributed by atoms with Crippen molar-refractivity contribution in [2.24, 2.45) is 0 Å². The van der Waals surface area contributed by atoms with Gasteiger partial charge in [-0.3, -0.25) is 9.69 Å². The third-order valence-corrected chi connectivity index (χ3v) is 2.95. The van der Waals surface area contributed by atoms with Crippen molar-refractivity contribution >= 4 is 11.6 Å². The highest BCUT2D eigenvalue weighted by molar-refractivity contribution is 6.08. The Morgan fingerprint density at radius 1 is 1.11 bits per heavy atom. The Kier molecular flexibility index (Phi) is 2.66. The van der Waals surface area contributed by atoms with Crippen LogP contribution in [0.2, 0.25) is 0 Å². The molecule has 1 heterocycles. The number of para-hydroxylation sites is 2. The van der Waals surface area contributed by atoms with E-state index in [1.54, 1.807) is 36.4 Å². The summed E-state index contributed by atoms with van der Waals surface area (Å²) in [6.07, 6.45) is -0.912. The molecule has 1 aliphatic rings. The van der Waals surface area contributed by atoms with E-state index >= 15 is 0 Å². The standard InChI is InChI=1S/C15H10N2O2/c16-10-14-17(12-8-4-5-9-13(12)19-14)15(18)11-6-2-1-3-7-11/h1-9,14H/t14-/m1/s1. The summed E-state index contributed by atoms with van der Waals surface area (Å²) in [7, 11) is 0. The number of benzene rings is 2. The lowest BCUT2D eigenvalue weighted by Crippen LogP contribution is -2.38. The van der Waals surface area contributed by atoms with Crippen LogP contribution in [-0.2, 0) is 0 Å². The van der Waals surface area contributed by atoms with Gasteiger partial charge in [0.05, 0.1) is 5.69 Å². The quantitative estimate of drug-likeness (QED) is 0.781. The van der Waals surface area contributed by atoms with Crippen molar-refractivity contribution in [3.8, 4) is 11.8 Å². The van der Waals surface area contributed by atoms with E-state index in [9.17, 15) is 4.79 Å². The van der Waals surface area contributed by atoms with E-state index < -0.39 is 6.23 Å². The molecule has 0 unspecified atom stereocenters. The Morgan fingerprint density at radius 2 is 1.79 bits per heavy atom. The van der Waals surface area contributed by atoms with Gasteiger partial charge in [-0.1, -0.05) is 30.3 Å². The van der Waals surface area contributed by atoms with Crippen LogP contribution in [0.15, 0.2) is 54.6 Å². The Balaban J connectivity index is 2.04. The van der Waals surface area contributed by atoms with E-state index in [0.717, 1.165) is 0 Å². The van der Waals surface area contributed by atoms with Gasteiger partial charge in [-0.15, -0.1) is 0 Å². The molecule has 0 aromatic heterocycles. The van der Waals surface area contributed by atoms with Crippen molar-refractivity contribution in [1.82, 2.24) is 0 Å². The fourth-order valence-corrected chi connectivity index (χ4v) is 2.07. The number of nitriles is 1. The maximum absolute atomic E-state index is 12.5. The number of ether oxygens (including phenoxy) is 1. The van der Waals surface area contributed by atoms with Crippen LogP contribution in [0.4, 0.5) is 5.69 Å². The van der Waals surface area contributed by atoms with E-state index in [4.69, 9.17) is 10.00 Å². The molecule has 2 aromatic rings. The van der Waals surface area contributed by atoms with Gasteiger partial charge in [-0.05, 0) is 24.3 Å². The van der Waals surface area contributed by atoms with Gasteiger partial charge >= 0.3 is 0 Å². The molecule has 0 saturated heterocycles. The highest BCUT2D eigenvalue weighted by Crippen LogP contribution is 2.37. The number of rotatable bonds is 1. The highest BCUT2D eigenvalue weighted by Gasteiger charge is 2.35. The average molecular weight is 250 g/mol. The number of amides is 1. The van der Waals surface area contributed by atoms with E-state index in [2.05, 4.69) is 0 Å². The number of fused-ring (bicyclic) bond motifs is 1. The molecule has 92 valence electrons. The first-order chi connectivity index (χ1) is 9.31. The summed E-state index contributed by atoms with van der Waals surface area (Å²) in [4.78, 5) is 13.9. The Morgan fingerprint density at radius 3 is 2.53 bits per heavy atom. The molecule has 0 saturated carbocycles. The summed E-state index contributed by atoms with van der Waals surface area (Å²) in [5, 5.41) is 9.14. The molecule has 0 radical (unpaired) electrons. The minimum Gasteiger partial charge on any atom is -0.454 e. The molecule has 4 heteroatoms. The van der Waals surface area contributed by atoms with Crippen LogP contribution in [-0.4, -0.2) is 12.1 Å². The number of carbonyl (C=O) groups is 1. The normalized spacial score (nSPS) is 16.4. The summed E-state index contributed by atoms with van der Waals surface area (Å²) < 4.78 is 5.46. The number of hydrogen-bond acceptors (Lipinski definition) is 3. The molecule has 0 aliphatic carbocycles. The summed E-state index contributed by atoms with van der Waals surface area (Å²) in [5.74, 6) is 0.315. The Hall–Kier alpha value is -2.80. The summed E-state index contributed by atoms with van der Waals surface area (Å²) in [5.41, 5.74) is 1.16. The van der Waals surface area contributed by atoms with Crippen LogP contribution in [0.25, 0.3) is 0 Å². The van der Waals surface area contributed by atoms with Gasteiger partial charge in [-0.25, -0.2) is 0 Å². The second-order valence-electron chi connectivity index (χ2n) is 4.11. The van der Waals surface area contributed by atoms with Crippen LogP contribution in [0.1, 0.15) is 10.4 Å². The monoisotopic (exact) mass is 250 g/mol. The van der Waals surface area contributed by atoms with E-state index in [1.165, 1.54) is 4.90 Å². The van der Waals surface area contributed by atoms with E-state index in [1.807, 2.05) is 24.3 Å². The zero-order valence-electron chi connectivity index (χ0n) is 9.98. The van der Waals surface area contributed by atoms with Gasteiger partial charge in [0.1, 0.15) is 11.8 Å². The van der Waals surface area contributed by atoms with Gasteiger partial charge in [-0.2, -0.15) is 5.26 Å². The van der Waals surface area contributed by atoms with E-state index in [-0.39, 0.29) is 5.91 Å². The lowest BCUT2D eigenvalue weighted by atomic mass is 10.2. The Labute approximate surface area is 110 Å². The molecular weight excluding hydrogens is 240 g/mol. The molecule has 1 atom stereocenters. The molecule has 2 aromatic carbocycles. The summed E-state index contributed by atoms with van der Waals surface area (Å²) in [6.45, 7) is 0. The first-order valence-corrected chi connectivity index (χ1v) is 5.85. The van der Waals surface area contributed by atoms with Crippen molar-refractivity contribution < 1.29 is 9.53 Å². The largest absolute Gasteiger partial charge is 0.454 e. The topological polar surface area (TPSA) is 53.3 Å². The van der Waals surface area contributed by atoms with Crippen LogP contribution in [0, 0.1) is 11.3 Å². The molecule has 1 amide bonds. The average Bonchev–Trinajstić information content (AvgIpc) is 2.86. The molecule has 1 aliphatic heterocycles. The van der Waals surface area contributed by atoms with Crippen LogP contribution in [0.5, 0.6) is 5.75 Å². The van der Waals surface area contributed by atoms with Gasteiger partial charge in [0.25, 0.3) is 12.1 Å². The number of hydrogen-bond donors (Lipinski definition) is 0. The predicted octanol–water partition coefficient (Wildman–Crippen LogP) is 2.58. The third-order valence-electron chi connectivity index (χ3n) is 2.95. The van der Waals surface area contributed by atoms with Crippen molar-refractivity contribution in [2.45, 2.75) is 6.23 Å². The highest BCUT2D eigenvalue weighted by atomic mass is 16.5. The minimum atomic E-state index is -0.912. The maximum atomic E-state index is 12.5. The Bertz CT molecular complexity index is 661. The first-order valence-electron chi connectivity index (χ1n) is 5.85. The van der Waals surface area contributed by atoms with Gasteiger partial charge in [0.15, 0.2) is 0 Å². The lowest BCUT2D eigenvalue weighted by molar-refractivity contribution is 0.0960. The number of anilines is 1. The zero-order chi connectivity index (χ0) is 13.2. The third kappa shape index (κ3) is 1.81. The van der Waals surface area contributed by atoms with Gasteiger partial charge in [0.2, 0.25) is 0 Å². The molecule has 3 rings (SSSR count). The molecule has 0 bridgehead atoms. The number of nitrogens with zero attached hydrogens (tertiary/aromatic N) is 2. The molecule has 4 nitrogen and oxygen atoms in total. The second kappa shape index (κ2) is 4.46. The SMILES string of the molecule is N#C[C@H]1Oc2ccccc2N1C(=O)c1ccccc1. The van der Waals surface area contributed by atoms with Gasteiger partial charge < -0.3 is 4.74 Å². The fraction of sp³-hybridized carbons (Fsp3) is 0.0667. The fourth-order valence-electron chi connectivity index (χ4n) is 2.07.